The van der Waals surface area contributed by atoms with E-state index in [4.69, 9.17) is 4.74 Å². The van der Waals surface area contributed by atoms with Gasteiger partial charge in [0.05, 0.1) is 5.69 Å². The molecule has 1 aliphatic heterocycles. The Morgan fingerprint density at radius 1 is 1.11 bits per heavy atom. The first-order chi connectivity index (χ1) is 17.8. The van der Waals surface area contributed by atoms with Crippen LogP contribution < -0.4 is 15.4 Å². The first-order valence-corrected chi connectivity index (χ1v) is 12.8. The largest absolute Gasteiger partial charge is 0.479 e. The van der Waals surface area contributed by atoms with E-state index in [1.54, 1.807) is 25.1 Å². The predicted molar refractivity (Wildman–Crippen MR) is 147 cm³/mol. The van der Waals surface area contributed by atoms with Crippen LogP contribution in [0.1, 0.15) is 43.1 Å². The predicted octanol–water partition coefficient (Wildman–Crippen LogP) is 5.17. The number of ether oxygens (including phenoxy) is 1. The summed E-state index contributed by atoms with van der Waals surface area (Å²) < 4.78 is 5.61. The molecule has 0 saturated heterocycles. The van der Waals surface area contributed by atoms with Gasteiger partial charge in [-0.05, 0) is 66.3 Å². The van der Waals surface area contributed by atoms with Gasteiger partial charge in [-0.2, -0.15) is 0 Å². The maximum Gasteiger partial charge on any atom is 0.265 e. The van der Waals surface area contributed by atoms with E-state index >= 15 is 0 Å². The zero-order chi connectivity index (χ0) is 26.4. The summed E-state index contributed by atoms with van der Waals surface area (Å²) in [4.78, 5) is 27.6. The van der Waals surface area contributed by atoms with Crippen LogP contribution in [0.25, 0.3) is 11.1 Å². The number of hydrogen-bond donors (Lipinski definition) is 3. The molecular weight excluding hydrogens is 466 g/mol. The molecule has 2 amide bonds. The highest BCUT2D eigenvalue weighted by molar-refractivity contribution is 6.05. The lowest BCUT2D eigenvalue weighted by atomic mass is 9.96. The molecule has 3 aromatic carbocycles. The SMILES string of the molecule is CC(C)CN(CCCO)Cc1cc(C(=O)Nc2ccc3c(c2)NC(=O)C(C)O3)ccc1-c1ccccc1. The van der Waals surface area contributed by atoms with E-state index in [1.165, 1.54) is 0 Å². The Morgan fingerprint density at radius 3 is 2.62 bits per heavy atom. The summed E-state index contributed by atoms with van der Waals surface area (Å²) >= 11 is 0. The molecule has 0 aromatic heterocycles. The number of carbonyl (C=O) groups excluding carboxylic acids is 2. The van der Waals surface area contributed by atoms with Crippen molar-refractivity contribution in [3.05, 3.63) is 77.9 Å². The van der Waals surface area contributed by atoms with Crippen LogP contribution in [0.2, 0.25) is 0 Å². The van der Waals surface area contributed by atoms with Gasteiger partial charge in [-0.1, -0.05) is 50.2 Å². The smallest absolute Gasteiger partial charge is 0.265 e. The van der Waals surface area contributed by atoms with Crippen molar-refractivity contribution < 1.29 is 19.4 Å². The topological polar surface area (TPSA) is 90.9 Å². The van der Waals surface area contributed by atoms with Crippen molar-refractivity contribution in [3.8, 4) is 16.9 Å². The molecule has 1 atom stereocenters. The van der Waals surface area contributed by atoms with Crippen LogP contribution in [0, 0.1) is 5.92 Å². The van der Waals surface area contributed by atoms with Gasteiger partial charge in [0.1, 0.15) is 5.75 Å². The third-order valence-electron chi connectivity index (χ3n) is 6.27. The Kier molecular flexibility index (Phi) is 8.58. The molecule has 1 heterocycles. The Balaban J connectivity index is 1.60. The van der Waals surface area contributed by atoms with Crippen LogP contribution in [0.3, 0.4) is 0 Å². The minimum Gasteiger partial charge on any atom is -0.479 e. The number of nitrogens with zero attached hydrogens (tertiary/aromatic N) is 1. The van der Waals surface area contributed by atoms with Gasteiger partial charge >= 0.3 is 0 Å². The van der Waals surface area contributed by atoms with Crippen LogP contribution in [-0.2, 0) is 11.3 Å². The minimum absolute atomic E-state index is 0.147. The summed E-state index contributed by atoms with van der Waals surface area (Å²) in [5.41, 5.74) is 4.88. The van der Waals surface area contributed by atoms with Gasteiger partial charge < -0.3 is 20.5 Å². The molecule has 0 aliphatic carbocycles. The molecule has 7 heteroatoms. The molecule has 0 spiro atoms. The second kappa shape index (κ2) is 12.0. The van der Waals surface area contributed by atoms with Crippen molar-refractivity contribution in [2.45, 2.75) is 39.8 Å². The van der Waals surface area contributed by atoms with Gasteiger partial charge in [-0.3, -0.25) is 14.5 Å². The number of benzene rings is 3. The summed E-state index contributed by atoms with van der Waals surface area (Å²) in [5, 5.41) is 15.2. The third kappa shape index (κ3) is 6.76. The van der Waals surface area contributed by atoms with E-state index in [2.05, 4.69) is 41.5 Å². The fourth-order valence-electron chi connectivity index (χ4n) is 4.54. The molecule has 0 fully saturated rings. The zero-order valence-corrected chi connectivity index (χ0v) is 21.7. The fourth-order valence-corrected chi connectivity index (χ4v) is 4.54. The normalized spacial score (nSPS) is 14.8. The number of hydrogen-bond acceptors (Lipinski definition) is 5. The number of amides is 2. The van der Waals surface area contributed by atoms with E-state index in [9.17, 15) is 14.7 Å². The highest BCUT2D eigenvalue weighted by Gasteiger charge is 2.24. The zero-order valence-electron chi connectivity index (χ0n) is 21.7. The third-order valence-corrected chi connectivity index (χ3v) is 6.27. The maximum absolute atomic E-state index is 13.3. The second-order valence-electron chi connectivity index (χ2n) is 9.86. The van der Waals surface area contributed by atoms with E-state index in [0.29, 0.717) is 41.6 Å². The summed E-state index contributed by atoms with van der Waals surface area (Å²) in [6, 6.07) is 21.2. The van der Waals surface area contributed by atoms with Crippen LogP contribution in [0.4, 0.5) is 11.4 Å². The summed E-state index contributed by atoms with van der Waals surface area (Å²) in [6.45, 7) is 8.54. The lowest BCUT2D eigenvalue weighted by molar-refractivity contribution is -0.122. The van der Waals surface area contributed by atoms with Crippen LogP contribution >= 0.6 is 0 Å². The monoisotopic (exact) mass is 501 g/mol. The lowest BCUT2D eigenvalue weighted by Crippen LogP contribution is -2.34. The van der Waals surface area contributed by atoms with Crippen LogP contribution in [-0.4, -0.2) is 47.6 Å². The molecule has 194 valence electrons. The van der Waals surface area contributed by atoms with Crippen molar-refractivity contribution in [3.63, 3.8) is 0 Å². The number of nitrogens with one attached hydrogen (secondary N) is 2. The van der Waals surface area contributed by atoms with Gasteiger partial charge in [0, 0.05) is 37.5 Å². The minimum atomic E-state index is -0.554. The molecule has 3 aromatic rings. The number of carbonyl (C=O) groups is 2. The standard InChI is InChI=1S/C30H35N3O4/c1-20(2)18-33(14-7-15-34)19-24-16-23(10-12-26(24)22-8-5-4-6-9-22)30(36)31-25-11-13-28-27(17-25)32-29(35)21(3)37-28/h4-6,8-13,16-17,20-21,34H,7,14-15,18-19H2,1-3H3,(H,31,36)(H,32,35). The highest BCUT2D eigenvalue weighted by atomic mass is 16.5. The molecule has 1 aliphatic rings. The molecule has 0 saturated carbocycles. The second-order valence-corrected chi connectivity index (χ2v) is 9.86. The molecule has 4 rings (SSSR count). The summed E-state index contributed by atoms with van der Waals surface area (Å²) in [7, 11) is 0. The lowest BCUT2D eigenvalue weighted by Gasteiger charge is -2.26. The van der Waals surface area contributed by atoms with E-state index in [-0.39, 0.29) is 18.4 Å². The average Bonchev–Trinajstić information content (AvgIpc) is 2.88. The molecule has 7 nitrogen and oxygen atoms in total. The van der Waals surface area contributed by atoms with Crippen LogP contribution in [0.5, 0.6) is 5.75 Å². The van der Waals surface area contributed by atoms with Crippen molar-refractivity contribution in [2.24, 2.45) is 5.92 Å². The van der Waals surface area contributed by atoms with E-state index in [0.717, 1.165) is 29.8 Å². The van der Waals surface area contributed by atoms with E-state index in [1.807, 2.05) is 36.4 Å². The number of aliphatic hydroxyl groups is 1. The van der Waals surface area contributed by atoms with Crippen LogP contribution in [0.15, 0.2) is 66.7 Å². The van der Waals surface area contributed by atoms with Gasteiger partial charge in [-0.25, -0.2) is 0 Å². The number of fused-ring (bicyclic) bond motifs is 1. The Hall–Kier alpha value is -3.68. The fraction of sp³-hybridized carbons (Fsp3) is 0.333. The Bertz CT molecular complexity index is 1240. The number of anilines is 2. The van der Waals surface area contributed by atoms with Crippen molar-refractivity contribution in [2.75, 3.05) is 30.3 Å². The van der Waals surface area contributed by atoms with Crippen molar-refractivity contribution in [1.82, 2.24) is 4.90 Å². The Labute approximate surface area is 218 Å². The first kappa shape index (κ1) is 26.4. The van der Waals surface area contributed by atoms with Gasteiger partial charge in [0.25, 0.3) is 11.8 Å². The van der Waals surface area contributed by atoms with Gasteiger partial charge in [-0.15, -0.1) is 0 Å². The number of rotatable bonds is 10. The Morgan fingerprint density at radius 2 is 1.89 bits per heavy atom. The first-order valence-electron chi connectivity index (χ1n) is 12.8. The van der Waals surface area contributed by atoms with Gasteiger partial charge in [0.15, 0.2) is 6.10 Å². The average molecular weight is 502 g/mol. The quantitative estimate of drug-likeness (QED) is 0.357. The van der Waals surface area contributed by atoms with E-state index < -0.39 is 6.10 Å². The highest BCUT2D eigenvalue weighted by Crippen LogP contribution is 2.32. The molecular formula is C30H35N3O4. The summed E-state index contributed by atoms with van der Waals surface area (Å²) in [5.74, 6) is 0.599. The molecule has 37 heavy (non-hydrogen) atoms. The van der Waals surface area contributed by atoms with Crippen molar-refractivity contribution >= 4 is 23.2 Å². The van der Waals surface area contributed by atoms with Gasteiger partial charge in [0.2, 0.25) is 0 Å². The maximum atomic E-state index is 13.3. The molecule has 0 radical (unpaired) electrons. The molecule has 3 N–H and O–H groups in total. The molecule has 1 unspecified atom stereocenters. The summed E-state index contributed by atoms with van der Waals surface area (Å²) in [6.07, 6.45) is 0.146. The molecule has 0 bridgehead atoms. The van der Waals surface area contributed by atoms with Crippen molar-refractivity contribution in [1.29, 1.82) is 0 Å². The number of aliphatic hydroxyl groups excluding tert-OH is 1.